The molecular weight excluding hydrogens is 248 g/mol. The lowest BCUT2D eigenvalue weighted by atomic mass is 10.2. The van der Waals surface area contributed by atoms with Crippen LogP contribution in [0.5, 0.6) is 0 Å². The van der Waals surface area contributed by atoms with Crippen LogP contribution in [0.3, 0.4) is 0 Å². The molecule has 0 aromatic heterocycles. The van der Waals surface area contributed by atoms with Crippen LogP contribution < -0.4 is 0 Å². The predicted octanol–water partition coefficient (Wildman–Crippen LogP) is 1.51. The van der Waals surface area contributed by atoms with E-state index in [0.29, 0.717) is 12.3 Å². The molecule has 0 aromatic rings. The Kier molecular flexibility index (Phi) is 8.80. The molecule has 0 saturated carbocycles. The van der Waals surface area contributed by atoms with Crippen LogP contribution in [0.1, 0.15) is 39.0 Å². The molecule has 1 aliphatic heterocycles. The molecule has 1 unspecified atom stereocenters. The molecule has 0 aromatic carbocycles. The maximum Gasteiger partial charge on any atom is 0.330 e. The Bertz CT molecular complexity index is 249. The van der Waals surface area contributed by atoms with Crippen molar-refractivity contribution in [3.05, 3.63) is 12.2 Å². The van der Waals surface area contributed by atoms with Crippen LogP contribution in [0.25, 0.3) is 0 Å². The zero-order chi connectivity index (χ0) is 13.1. The van der Waals surface area contributed by atoms with Gasteiger partial charge in [0.1, 0.15) is 0 Å². The largest absolute Gasteiger partial charge is 0.463 e. The quantitative estimate of drug-likeness (QED) is 0.291. The second-order valence-corrected chi connectivity index (χ2v) is 6.09. The molecule has 4 nitrogen and oxygen atoms in total. The fraction of sp³-hybridized carbons (Fsp3) is 0.769. The van der Waals surface area contributed by atoms with Crippen molar-refractivity contribution < 1.29 is 18.7 Å². The Morgan fingerprint density at radius 1 is 1.39 bits per heavy atom. The maximum atomic E-state index is 11.0. The minimum atomic E-state index is -0.534. The van der Waals surface area contributed by atoms with Crippen molar-refractivity contribution >= 4 is 15.7 Å². The summed E-state index contributed by atoms with van der Waals surface area (Å²) in [4.78, 5) is 11.0. The van der Waals surface area contributed by atoms with E-state index in [1.165, 1.54) is 25.3 Å². The van der Waals surface area contributed by atoms with Crippen LogP contribution in [0.2, 0.25) is 0 Å². The molecule has 0 N–H and O–H groups in total. The van der Waals surface area contributed by atoms with Gasteiger partial charge in [-0.1, -0.05) is 6.08 Å². The molecule has 1 atom stereocenters. The number of hydrogen-bond donors (Lipinski definition) is 0. The van der Waals surface area contributed by atoms with Crippen LogP contribution in [0.15, 0.2) is 12.2 Å². The van der Waals surface area contributed by atoms with E-state index < -0.39 is 9.76 Å². The Hall–Kier alpha value is -0.653. The number of carbonyl (C=O) groups is 1. The van der Waals surface area contributed by atoms with Gasteiger partial charge in [-0.2, -0.15) is 0 Å². The lowest BCUT2D eigenvalue weighted by molar-refractivity contribution is -0.137. The Labute approximate surface area is 112 Å². The summed E-state index contributed by atoms with van der Waals surface area (Å²) >= 11 is 0. The van der Waals surface area contributed by atoms with Gasteiger partial charge in [-0.25, -0.2) is 4.79 Å². The van der Waals surface area contributed by atoms with Crippen LogP contribution in [0.4, 0.5) is 0 Å². The van der Waals surface area contributed by atoms with Crippen molar-refractivity contribution in [1.29, 1.82) is 0 Å². The normalized spacial score (nSPS) is 20.8. The highest BCUT2D eigenvalue weighted by Gasteiger charge is 2.14. The average Bonchev–Trinajstić information content (AvgIpc) is 2.39. The number of esters is 1. The van der Waals surface area contributed by atoms with E-state index in [4.69, 9.17) is 13.9 Å². The van der Waals surface area contributed by atoms with Crippen LogP contribution >= 0.6 is 0 Å². The predicted molar refractivity (Wildman–Crippen MR) is 73.1 cm³/mol. The van der Waals surface area contributed by atoms with Gasteiger partial charge < -0.3 is 13.9 Å². The fourth-order valence-electron chi connectivity index (χ4n) is 1.82. The van der Waals surface area contributed by atoms with Gasteiger partial charge in [-0.3, -0.25) is 0 Å². The Morgan fingerprint density at radius 2 is 2.22 bits per heavy atom. The first-order valence-electron chi connectivity index (χ1n) is 6.81. The van der Waals surface area contributed by atoms with Crippen molar-refractivity contribution in [2.45, 2.75) is 44.8 Å². The molecule has 1 heterocycles. The van der Waals surface area contributed by atoms with Gasteiger partial charge in [-0.05, 0) is 39.0 Å². The minimum Gasteiger partial charge on any atom is -0.463 e. The van der Waals surface area contributed by atoms with Gasteiger partial charge >= 0.3 is 5.97 Å². The molecule has 0 aliphatic carbocycles. The van der Waals surface area contributed by atoms with E-state index in [0.717, 1.165) is 26.1 Å². The fourth-order valence-corrected chi connectivity index (χ4v) is 3.17. The third-order valence-electron chi connectivity index (χ3n) is 2.81. The van der Waals surface area contributed by atoms with E-state index in [-0.39, 0.29) is 5.97 Å². The maximum absolute atomic E-state index is 11.0. The van der Waals surface area contributed by atoms with E-state index in [1.807, 2.05) is 0 Å². The highest BCUT2D eigenvalue weighted by Crippen LogP contribution is 2.11. The van der Waals surface area contributed by atoms with Gasteiger partial charge in [0.05, 0.1) is 12.3 Å². The monoisotopic (exact) mass is 272 g/mol. The number of carbonyl (C=O) groups excluding carboxylic acids is 1. The van der Waals surface area contributed by atoms with Gasteiger partial charge in [0.25, 0.3) is 0 Å². The summed E-state index contributed by atoms with van der Waals surface area (Å²) < 4.78 is 16.3. The first-order chi connectivity index (χ1) is 8.83. The molecule has 104 valence electrons. The topological polar surface area (TPSA) is 44.8 Å². The van der Waals surface area contributed by atoms with E-state index in [2.05, 4.69) is 0 Å². The highest BCUT2D eigenvalue weighted by molar-refractivity contribution is 6.29. The first-order valence-corrected chi connectivity index (χ1v) is 8.21. The molecule has 1 saturated heterocycles. The zero-order valence-electron chi connectivity index (χ0n) is 11.2. The summed E-state index contributed by atoms with van der Waals surface area (Å²) in [5.74, 6) is -0.261. The summed E-state index contributed by atoms with van der Waals surface area (Å²) in [5, 5.41) is 0. The number of allylic oxidation sites excluding steroid dienone is 1. The molecule has 1 aliphatic rings. The molecule has 0 bridgehead atoms. The van der Waals surface area contributed by atoms with E-state index >= 15 is 0 Å². The molecule has 0 spiro atoms. The summed E-state index contributed by atoms with van der Waals surface area (Å²) in [7, 11) is -0.534. The lowest BCUT2D eigenvalue weighted by Crippen LogP contribution is -2.27. The Morgan fingerprint density at radius 3 is 2.94 bits per heavy atom. The van der Waals surface area contributed by atoms with Crippen LogP contribution in [-0.4, -0.2) is 41.3 Å². The van der Waals surface area contributed by atoms with Gasteiger partial charge in [0.15, 0.2) is 9.76 Å². The number of hydrogen-bond acceptors (Lipinski definition) is 4. The molecule has 1 rings (SSSR count). The molecule has 0 radical (unpaired) electrons. The smallest absolute Gasteiger partial charge is 0.330 e. The SMILES string of the molecule is CC=CC(=O)OCCCCO[SiH2]C1CCCCO1. The minimum absolute atomic E-state index is 0.261. The van der Waals surface area contributed by atoms with Crippen LogP contribution in [0, 0.1) is 0 Å². The van der Waals surface area contributed by atoms with Crippen LogP contribution in [-0.2, 0) is 18.7 Å². The molecular formula is C13H24O4Si. The van der Waals surface area contributed by atoms with E-state index in [1.54, 1.807) is 13.0 Å². The zero-order valence-corrected chi connectivity index (χ0v) is 12.6. The van der Waals surface area contributed by atoms with Gasteiger partial charge in [-0.15, -0.1) is 0 Å². The average molecular weight is 272 g/mol. The van der Waals surface area contributed by atoms with Crippen molar-refractivity contribution in [1.82, 2.24) is 0 Å². The molecule has 0 amide bonds. The summed E-state index contributed by atoms with van der Waals surface area (Å²) in [6.07, 6.45) is 8.58. The number of rotatable bonds is 8. The number of ether oxygens (including phenoxy) is 2. The van der Waals surface area contributed by atoms with Crippen molar-refractivity contribution in [2.75, 3.05) is 19.8 Å². The first kappa shape index (κ1) is 15.4. The lowest BCUT2D eigenvalue weighted by Gasteiger charge is -2.21. The molecule has 5 heteroatoms. The molecule has 1 fully saturated rings. The summed E-state index contributed by atoms with van der Waals surface area (Å²) in [6, 6.07) is 0. The second kappa shape index (κ2) is 10.3. The second-order valence-electron chi connectivity index (χ2n) is 4.44. The third kappa shape index (κ3) is 7.63. The van der Waals surface area contributed by atoms with Gasteiger partial charge in [0, 0.05) is 19.3 Å². The Balaban J connectivity index is 1.85. The summed E-state index contributed by atoms with van der Waals surface area (Å²) in [6.45, 7) is 3.95. The van der Waals surface area contributed by atoms with Gasteiger partial charge in [0.2, 0.25) is 0 Å². The van der Waals surface area contributed by atoms with Crippen molar-refractivity contribution in [3.63, 3.8) is 0 Å². The summed E-state index contributed by atoms with van der Waals surface area (Å²) in [5.41, 5.74) is 0.422. The standard InChI is InChI=1S/C13H24O4Si/c1-2-7-12(14)15-9-5-6-11-17-18-13-8-3-4-10-16-13/h2,7,13H,3-6,8-11,18H2,1H3. The third-order valence-corrected chi connectivity index (χ3v) is 4.35. The number of unbranched alkanes of at least 4 members (excludes halogenated alkanes) is 1. The van der Waals surface area contributed by atoms with Crippen molar-refractivity contribution in [2.24, 2.45) is 0 Å². The molecule has 18 heavy (non-hydrogen) atoms. The highest BCUT2D eigenvalue weighted by atomic mass is 28.2. The van der Waals surface area contributed by atoms with E-state index in [9.17, 15) is 4.79 Å². The van der Waals surface area contributed by atoms with Crippen molar-refractivity contribution in [3.8, 4) is 0 Å².